The van der Waals surface area contributed by atoms with Gasteiger partial charge in [-0.15, -0.1) is 0 Å². The van der Waals surface area contributed by atoms with Crippen molar-refractivity contribution in [3.63, 3.8) is 0 Å². The molecule has 0 spiro atoms. The third kappa shape index (κ3) is 2.54. The highest BCUT2D eigenvalue weighted by Crippen LogP contribution is 2.23. The maximum atomic E-state index is 13.2. The van der Waals surface area contributed by atoms with E-state index in [4.69, 9.17) is 0 Å². The fourth-order valence-electron chi connectivity index (χ4n) is 1.82. The normalized spacial score (nSPS) is 19.5. The van der Waals surface area contributed by atoms with Gasteiger partial charge in [-0.2, -0.15) is 9.37 Å². The van der Waals surface area contributed by atoms with Gasteiger partial charge in [0.05, 0.1) is 19.2 Å². The lowest BCUT2D eigenvalue weighted by Crippen LogP contribution is -2.24. The summed E-state index contributed by atoms with van der Waals surface area (Å²) in [6.07, 6.45) is 2.17. The molecule has 0 N–H and O–H groups in total. The standard InChI is InChI=1S/C10H11BrFN3O2/c1-17-10(16)6-2-3-15(5-6)7-4-13-8(11)9(12)14-7/h4,6H,2-3,5H2,1H3/t6-/m0/s1. The number of anilines is 1. The van der Waals surface area contributed by atoms with Gasteiger partial charge in [0, 0.05) is 13.1 Å². The van der Waals surface area contributed by atoms with E-state index in [0.717, 1.165) is 0 Å². The molecule has 2 rings (SSSR count). The molecular formula is C10H11BrFN3O2. The van der Waals surface area contributed by atoms with E-state index in [1.807, 2.05) is 4.90 Å². The van der Waals surface area contributed by atoms with E-state index >= 15 is 0 Å². The lowest BCUT2D eigenvalue weighted by Gasteiger charge is -2.16. The number of aromatic nitrogens is 2. The van der Waals surface area contributed by atoms with Gasteiger partial charge in [0.25, 0.3) is 0 Å². The predicted molar refractivity (Wildman–Crippen MR) is 62.0 cm³/mol. The molecule has 0 radical (unpaired) electrons. The summed E-state index contributed by atoms with van der Waals surface area (Å²) in [5.74, 6) is -0.618. The van der Waals surface area contributed by atoms with Crippen LogP contribution in [0.4, 0.5) is 10.2 Å². The first-order chi connectivity index (χ1) is 8.11. The monoisotopic (exact) mass is 303 g/mol. The Labute approximate surface area is 106 Å². The summed E-state index contributed by atoms with van der Waals surface area (Å²) in [5, 5.41) is 0. The Bertz CT molecular complexity index is 444. The number of methoxy groups -OCH3 is 1. The predicted octanol–water partition coefficient (Wildman–Crippen LogP) is 1.38. The maximum Gasteiger partial charge on any atom is 0.310 e. The highest BCUT2D eigenvalue weighted by molar-refractivity contribution is 9.10. The van der Waals surface area contributed by atoms with Crippen LogP contribution in [0.15, 0.2) is 10.8 Å². The van der Waals surface area contributed by atoms with Crippen molar-refractivity contribution in [3.8, 4) is 0 Å². The number of halogens is 2. The summed E-state index contributed by atoms with van der Waals surface area (Å²) in [6, 6.07) is 0. The number of nitrogens with zero attached hydrogens (tertiary/aromatic N) is 3. The van der Waals surface area contributed by atoms with Crippen molar-refractivity contribution >= 4 is 27.7 Å². The van der Waals surface area contributed by atoms with Crippen molar-refractivity contribution in [1.82, 2.24) is 9.97 Å². The summed E-state index contributed by atoms with van der Waals surface area (Å²) in [4.78, 5) is 20.8. The summed E-state index contributed by atoms with van der Waals surface area (Å²) in [7, 11) is 1.37. The molecule has 5 nitrogen and oxygen atoms in total. The average Bonchev–Trinajstić information content (AvgIpc) is 2.81. The first-order valence-corrected chi connectivity index (χ1v) is 5.92. The third-order valence-corrected chi connectivity index (χ3v) is 3.26. The van der Waals surface area contributed by atoms with Crippen molar-refractivity contribution in [1.29, 1.82) is 0 Å². The first kappa shape index (κ1) is 12.2. The summed E-state index contributed by atoms with van der Waals surface area (Å²) in [5.41, 5.74) is 0. The smallest absolute Gasteiger partial charge is 0.310 e. The van der Waals surface area contributed by atoms with Gasteiger partial charge in [-0.3, -0.25) is 4.79 Å². The molecule has 1 aromatic heterocycles. The van der Waals surface area contributed by atoms with Crippen molar-refractivity contribution in [3.05, 3.63) is 16.7 Å². The van der Waals surface area contributed by atoms with Crippen LogP contribution in [-0.4, -0.2) is 36.1 Å². The zero-order valence-electron chi connectivity index (χ0n) is 9.19. The van der Waals surface area contributed by atoms with E-state index in [1.165, 1.54) is 13.3 Å². The Morgan fingerprint density at radius 3 is 3.12 bits per heavy atom. The van der Waals surface area contributed by atoms with Crippen molar-refractivity contribution in [2.24, 2.45) is 5.92 Å². The van der Waals surface area contributed by atoms with Gasteiger partial charge in [0.2, 0.25) is 5.95 Å². The Morgan fingerprint density at radius 1 is 1.71 bits per heavy atom. The molecule has 1 aliphatic heterocycles. The first-order valence-electron chi connectivity index (χ1n) is 5.12. The molecule has 17 heavy (non-hydrogen) atoms. The van der Waals surface area contributed by atoms with E-state index in [1.54, 1.807) is 0 Å². The number of carbonyl (C=O) groups excluding carboxylic acids is 1. The summed E-state index contributed by atoms with van der Waals surface area (Å²) >= 11 is 2.94. The number of esters is 1. The molecule has 1 fully saturated rings. The fourth-order valence-corrected chi connectivity index (χ4v) is 2.01. The zero-order valence-corrected chi connectivity index (χ0v) is 10.8. The molecule has 7 heteroatoms. The minimum absolute atomic E-state index is 0.0879. The van der Waals surface area contributed by atoms with Crippen LogP contribution in [0.2, 0.25) is 0 Å². The number of carbonyl (C=O) groups is 1. The quantitative estimate of drug-likeness (QED) is 0.773. The van der Waals surface area contributed by atoms with Crippen LogP contribution in [0.3, 0.4) is 0 Å². The molecule has 0 unspecified atom stereocenters. The molecule has 0 bridgehead atoms. The van der Waals surface area contributed by atoms with Crippen molar-refractivity contribution < 1.29 is 13.9 Å². The van der Waals surface area contributed by atoms with Crippen molar-refractivity contribution in [2.45, 2.75) is 6.42 Å². The fraction of sp³-hybridized carbons (Fsp3) is 0.500. The van der Waals surface area contributed by atoms with E-state index in [2.05, 4.69) is 30.6 Å². The van der Waals surface area contributed by atoms with Gasteiger partial charge >= 0.3 is 5.97 Å². The van der Waals surface area contributed by atoms with Crippen LogP contribution >= 0.6 is 15.9 Å². The van der Waals surface area contributed by atoms with Gasteiger partial charge in [-0.05, 0) is 22.4 Å². The minimum Gasteiger partial charge on any atom is -0.469 e. The number of hydrogen-bond donors (Lipinski definition) is 0. The Morgan fingerprint density at radius 2 is 2.47 bits per heavy atom. The second kappa shape index (κ2) is 4.95. The molecule has 1 aliphatic rings. The molecule has 0 aliphatic carbocycles. The van der Waals surface area contributed by atoms with Crippen molar-refractivity contribution in [2.75, 3.05) is 25.1 Å². The largest absolute Gasteiger partial charge is 0.469 e. The Hall–Kier alpha value is -1.24. The van der Waals surface area contributed by atoms with Gasteiger partial charge in [-0.1, -0.05) is 0 Å². The van der Waals surface area contributed by atoms with Crippen LogP contribution in [0, 0.1) is 11.9 Å². The molecule has 0 saturated carbocycles. The van der Waals surface area contributed by atoms with Crippen LogP contribution in [0.1, 0.15) is 6.42 Å². The third-order valence-electron chi connectivity index (χ3n) is 2.72. The van der Waals surface area contributed by atoms with E-state index in [-0.39, 0.29) is 16.5 Å². The molecule has 2 heterocycles. The highest BCUT2D eigenvalue weighted by atomic mass is 79.9. The number of rotatable bonds is 2. The van der Waals surface area contributed by atoms with E-state index < -0.39 is 5.95 Å². The maximum absolute atomic E-state index is 13.2. The van der Waals surface area contributed by atoms with Crippen LogP contribution in [0.25, 0.3) is 0 Å². The SMILES string of the molecule is COC(=O)[C@H]1CCN(c2cnc(Br)c(F)n2)C1. The Balaban J connectivity index is 2.10. The minimum atomic E-state index is -0.649. The van der Waals surface area contributed by atoms with Crippen LogP contribution < -0.4 is 4.90 Å². The number of ether oxygens (including phenoxy) is 1. The lowest BCUT2D eigenvalue weighted by atomic mass is 10.1. The van der Waals surface area contributed by atoms with Gasteiger partial charge in [0.1, 0.15) is 0 Å². The van der Waals surface area contributed by atoms with Crippen LogP contribution in [-0.2, 0) is 9.53 Å². The molecule has 92 valence electrons. The lowest BCUT2D eigenvalue weighted by molar-refractivity contribution is -0.144. The van der Waals surface area contributed by atoms with Crippen LogP contribution in [0.5, 0.6) is 0 Å². The molecule has 0 amide bonds. The van der Waals surface area contributed by atoms with Gasteiger partial charge in [-0.25, -0.2) is 4.98 Å². The topological polar surface area (TPSA) is 55.3 Å². The average molecular weight is 304 g/mol. The van der Waals surface area contributed by atoms with E-state index in [0.29, 0.717) is 25.3 Å². The molecule has 0 aromatic carbocycles. The second-order valence-electron chi connectivity index (χ2n) is 3.76. The second-order valence-corrected chi connectivity index (χ2v) is 4.52. The Kier molecular flexibility index (Phi) is 3.56. The molecule has 1 aromatic rings. The molecule has 1 atom stereocenters. The highest BCUT2D eigenvalue weighted by Gasteiger charge is 2.30. The summed E-state index contributed by atoms with van der Waals surface area (Å²) < 4.78 is 18.0. The molecular weight excluding hydrogens is 293 g/mol. The van der Waals surface area contributed by atoms with Gasteiger partial charge in [0.15, 0.2) is 10.4 Å². The number of hydrogen-bond acceptors (Lipinski definition) is 5. The van der Waals surface area contributed by atoms with Gasteiger partial charge < -0.3 is 9.64 Å². The summed E-state index contributed by atoms with van der Waals surface area (Å²) in [6.45, 7) is 1.14. The molecule has 1 saturated heterocycles. The van der Waals surface area contributed by atoms with E-state index in [9.17, 15) is 9.18 Å². The zero-order chi connectivity index (χ0) is 12.4.